The number of likely N-dealkylation sites (N-methyl/N-ethyl adjacent to an activating group) is 1. The summed E-state index contributed by atoms with van der Waals surface area (Å²) in [5, 5.41) is 8.72. The van der Waals surface area contributed by atoms with E-state index in [1.807, 2.05) is 0 Å². The number of H-pyrrole nitrogens is 1. The van der Waals surface area contributed by atoms with Crippen molar-refractivity contribution in [3.8, 4) is 16.9 Å². The quantitative estimate of drug-likeness (QED) is 0.517. The highest BCUT2D eigenvalue weighted by Gasteiger charge is 2.13. The highest BCUT2D eigenvalue weighted by molar-refractivity contribution is 5.94. The summed E-state index contributed by atoms with van der Waals surface area (Å²) in [6.07, 6.45) is 1.61. The smallest absolute Gasteiger partial charge is 0.258 e. The van der Waals surface area contributed by atoms with Gasteiger partial charge in [-0.15, -0.1) is 5.10 Å². The first-order valence-corrected chi connectivity index (χ1v) is 9.56. The number of pyridine rings is 1. The van der Waals surface area contributed by atoms with Gasteiger partial charge >= 0.3 is 0 Å². The number of benzene rings is 2. The minimum Gasteiger partial charge on any atom is -0.383 e. The molecule has 0 saturated carbocycles. The van der Waals surface area contributed by atoms with E-state index in [-0.39, 0.29) is 17.0 Å². The number of nitrogens with one attached hydrogen (secondary N) is 1. The van der Waals surface area contributed by atoms with Crippen molar-refractivity contribution in [1.82, 2.24) is 24.9 Å². The van der Waals surface area contributed by atoms with Gasteiger partial charge in [0.15, 0.2) is 0 Å². The van der Waals surface area contributed by atoms with Gasteiger partial charge in [0, 0.05) is 37.2 Å². The second kappa shape index (κ2) is 8.49. The lowest BCUT2D eigenvalue weighted by Gasteiger charge is -2.16. The van der Waals surface area contributed by atoms with Gasteiger partial charge in [-0.3, -0.25) is 9.59 Å². The van der Waals surface area contributed by atoms with Crippen LogP contribution in [-0.4, -0.2) is 58.1 Å². The first kappa shape index (κ1) is 20.4. The number of rotatable bonds is 6. The second-order valence-corrected chi connectivity index (χ2v) is 7.06. The topological polar surface area (TPSA) is 93.1 Å². The van der Waals surface area contributed by atoms with E-state index in [1.165, 1.54) is 22.9 Å². The summed E-state index contributed by atoms with van der Waals surface area (Å²) in [7, 11) is 3.30. The molecule has 31 heavy (non-hydrogen) atoms. The number of fused-ring (bicyclic) bond motifs is 1. The summed E-state index contributed by atoms with van der Waals surface area (Å²) < 4.78 is 20.0. The van der Waals surface area contributed by atoms with E-state index in [0.29, 0.717) is 41.0 Å². The molecule has 0 spiro atoms. The molecule has 8 nitrogen and oxygen atoms in total. The van der Waals surface area contributed by atoms with Gasteiger partial charge < -0.3 is 14.6 Å². The Bertz CT molecular complexity index is 1300. The Morgan fingerprint density at radius 2 is 1.97 bits per heavy atom. The number of methoxy groups -OCH3 is 1. The Morgan fingerprint density at radius 1 is 1.19 bits per heavy atom. The molecular formula is C22H20FN5O3. The van der Waals surface area contributed by atoms with Crippen molar-refractivity contribution in [1.29, 1.82) is 0 Å². The van der Waals surface area contributed by atoms with Crippen molar-refractivity contribution in [3.63, 3.8) is 0 Å². The first-order valence-electron chi connectivity index (χ1n) is 9.56. The largest absolute Gasteiger partial charge is 0.383 e. The molecule has 9 heteroatoms. The van der Waals surface area contributed by atoms with Gasteiger partial charge in [-0.05, 0) is 48.5 Å². The van der Waals surface area contributed by atoms with Crippen LogP contribution < -0.4 is 5.56 Å². The molecule has 0 aliphatic heterocycles. The van der Waals surface area contributed by atoms with Crippen LogP contribution in [0.25, 0.3) is 27.8 Å². The average Bonchev–Trinajstić information content (AvgIpc) is 3.27. The van der Waals surface area contributed by atoms with Crippen LogP contribution in [0.4, 0.5) is 4.39 Å². The van der Waals surface area contributed by atoms with Crippen LogP contribution in [0.5, 0.6) is 0 Å². The molecule has 0 atom stereocenters. The molecule has 1 N–H and O–H groups in total. The van der Waals surface area contributed by atoms with Crippen molar-refractivity contribution >= 4 is 16.8 Å². The van der Waals surface area contributed by atoms with Crippen LogP contribution in [0.2, 0.25) is 0 Å². The standard InChI is InChI=1S/C22H20FN5O3/c1-27(9-10-31-2)22(30)14-3-6-17(7-4-14)28-13-20(25-26-28)18-12-15-11-16(23)5-8-19(15)24-21(18)29/h3-8,11-13H,9-10H2,1-2H3,(H,24,29). The van der Waals surface area contributed by atoms with Crippen LogP contribution in [0, 0.1) is 5.82 Å². The number of halogens is 1. The number of carbonyl (C=O) groups excluding carboxylic acids is 1. The number of ether oxygens (including phenoxy) is 1. The summed E-state index contributed by atoms with van der Waals surface area (Å²) in [5.74, 6) is -0.505. The van der Waals surface area contributed by atoms with Gasteiger partial charge in [0.05, 0.1) is 24.1 Å². The van der Waals surface area contributed by atoms with Crippen LogP contribution in [0.3, 0.4) is 0 Å². The Kier molecular flexibility index (Phi) is 5.59. The lowest BCUT2D eigenvalue weighted by atomic mass is 10.1. The van der Waals surface area contributed by atoms with Crippen molar-refractivity contribution in [3.05, 3.63) is 76.5 Å². The maximum absolute atomic E-state index is 13.5. The molecule has 0 bridgehead atoms. The fourth-order valence-electron chi connectivity index (χ4n) is 3.19. The Balaban J connectivity index is 1.59. The number of carbonyl (C=O) groups is 1. The predicted octanol–water partition coefficient (Wildman–Crippen LogP) is 2.63. The van der Waals surface area contributed by atoms with Gasteiger partial charge in [0.25, 0.3) is 11.5 Å². The van der Waals surface area contributed by atoms with Crippen molar-refractivity contribution in [2.45, 2.75) is 0 Å². The van der Waals surface area contributed by atoms with E-state index in [0.717, 1.165) is 0 Å². The molecule has 4 aromatic rings. The van der Waals surface area contributed by atoms with Gasteiger partial charge in [0.1, 0.15) is 11.5 Å². The number of nitrogens with zero attached hydrogens (tertiary/aromatic N) is 4. The van der Waals surface area contributed by atoms with Crippen molar-refractivity contribution in [2.75, 3.05) is 27.3 Å². The summed E-state index contributed by atoms with van der Waals surface area (Å²) in [4.78, 5) is 29.2. The number of aromatic nitrogens is 4. The van der Waals surface area contributed by atoms with E-state index in [1.54, 1.807) is 55.6 Å². The molecule has 0 aliphatic carbocycles. The fraction of sp³-hybridized carbons (Fsp3) is 0.182. The zero-order valence-corrected chi connectivity index (χ0v) is 17.0. The van der Waals surface area contributed by atoms with E-state index >= 15 is 0 Å². The number of hydrogen-bond donors (Lipinski definition) is 1. The number of amides is 1. The van der Waals surface area contributed by atoms with Crippen molar-refractivity contribution in [2.24, 2.45) is 0 Å². The van der Waals surface area contributed by atoms with E-state index in [4.69, 9.17) is 4.74 Å². The fourth-order valence-corrected chi connectivity index (χ4v) is 3.19. The average molecular weight is 421 g/mol. The summed E-state index contributed by atoms with van der Waals surface area (Å²) in [6, 6.07) is 12.6. The molecule has 0 saturated heterocycles. The first-order chi connectivity index (χ1) is 15.0. The lowest BCUT2D eigenvalue weighted by molar-refractivity contribution is 0.0744. The third kappa shape index (κ3) is 4.22. The highest BCUT2D eigenvalue weighted by atomic mass is 19.1. The maximum atomic E-state index is 13.5. The molecule has 0 aliphatic rings. The van der Waals surface area contributed by atoms with E-state index in [9.17, 15) is 14.0 Å². The van der Waals surface area contributed by atoms with Crippen molar-refractivity contribution < 1.29 is 13.9 Å². The highest BCUT2D eigenvalue weighted by Crippen LogP contribution is 2.20. The maximum Gasteiger partial charge on any atom is 0.258 e. The van der Waals surface area contributed by atoms with Gasteiger partial charge in [-0.25, -0.2) is 9.07 Å². The molecule has 4 rings (SSSR count). The molecular weight excluding hydrogens is 401 g/mol. The third-order valence-electron chi connectivity index (χ3n) is 4.93. The Labute approximate surface area is 176 Å². The zero-order chi connectivity index (χ0) is 22.0. The van der Waals surface area contributed by atoms with Crippen LogP contribution in [-0.2, 0) is 4.74 Å². The van der Waals surface area contributed by atoms with Crippen LogP contribution >= 0.6 is 0 Å². The molecule has 0 radical (unpaired) electrons. The normalized spacial score (nSPS) is 11.1. The summed E-state index contributed by atoms with van der Waals surface area (Å²) >= 11 is 0. The molecule has 1 amide bonds. The molecule has 158 valence electrons. The predicted molar refractivity (Wildman–Crippen MR) is 114 cm³/mol. The van der Waals surface area contributed by atoms with Gasteiger partial charge in [-0.2, -0.15) is 0 Å². The van der Waals surface area contributed by atoms with Crippen LogP contribution in [0.1, 0.15) is 10.4 Å². The molecule has 0 fully saturated rings. The number of hydrogen-bond acceptors (Lipinski definition) is 5. The molecule has 0 unspecified atom stereocenters. The third-order valence-corrected chi connectivity index (χ3v) is 4.93. The van der Waals surface area contributed by atoms with E-state index < -0.39 is 5.82 Å². The Hall–Kier alpha value is -3.85. The molecule has 2 aromatic heterocycles. The van der Waals surface area contributed by atoms with Gasteiger partial charge in [0.2, 0.25) is 0 Å². The Morgan fingerprint density at radius 3 is 2.71 bits per heavy atom. The SMILES string of the molecule is COCCN(C)C(=O)c1ccc(-n2cc(-c3cc4cc(F)ccc4[nH]c3=O)nn2)cc1. The lowest BCUT2D eigenvalue weighted by Crippen LogP contribution is -2.29. The number of aromatic amines is 1. The zero-order valence-electron chi connectivity index (χ0n) is 17.0. The minimum absolute atomic E-state index is 0.113. The molecule has 2 aromatic carbocycles. The van der Waals surface area contributed by atoms with Crippen LogP contribution in [0.15, 0.2) is 59.5 Å². The van der Waals surface area contributed by atoms with Gasteiger partial charge in [-0.1, -0.05) is 5.21 Å². The summed E-state index contributed by atoms with van der Waals surface area (Å²) in [5.41, 5.74) is 2.06. The minimum atomic E-state index is -0.392. The molecule has 2 heterocycles. The summed E-state index contributed by atoms with van der Waals surface area (Å²) in [6.45, 7) is 0.955. The monoisotopic (exact) mass is 421 g/mol. The second-order valence-electron chi connectivity index (χ2n) is 7.06. The van der Waals surface area contributed by atoms with E-state index in [2.05, 4.69) is 15.3 Å².